The minimum absolute atomic E-state index is 0.0638. The average Bonchev–Trinajstić information content (AvgIpc) is 2.39. The fourth-order valence-electron chi connectivity index (χ4n) is 1.30. The Hall–Kier alpha value is -1.60. The number of nitrogens with two attached hydrogens (primary N) is 1. The SMILES string of the molecule is N/C(=N/O)c1ccc(Br)cc1Sc1cnccn1. The lowest BCUT2D eigenvalue weighted by atomic mass is 10.2. The molecule has 0 radical (unpaired) electrons. The van der Waals surface area contributed by atoms with Crippen molar-refractivity contribution in [3.05, 3.63) is 46.8 Å². The zero-order valence-electron chi connectivity index (χ0n) is 9.12. The predicted molar refractivity (Wildman–Crippen MR) is 72.8 cm³/mol. The Labute approximate surface area is 116 Å². The van der Waals surface area contributed by atoms with Gasteiger partial charge in [0.1, 0.15) is 5.03 Å². The van der Waals surface area contributed by atoms with Gasteiger partial charge in [-0.05, 0) is 18.2 Å². The second-order valence-corrected chi connectivity index (χ2v) is 5.25. The zero-order chi connectivity index (χ0) is 13.0. The lowest BCUT2D eigenvalue weighted by Crippen LogP contribution is -2.14. The van der Waals surface area contributed by atoms with Gasteiger partial charge in [0.2, 0.25) is 0 Å². The smallest absolute Gasteiger partial charge is 0.171 e. The summed E-state index contributed by atoms with van der Waals surface area (Å²) in [4.78, 5) is 9.00. The fraction of sp³-hybridized carbons (Fsp3) is 0. The van der Waals surface area contributed by atoms with Crippen LogP contribution in [0.4, 0.5) is 0 Å². The molecule has 1 aromatic heterocycles. The van der Waals surface area contributed by atoms with Crippen molar-refractivity contribution in [1.29, 1.82) is 0 Å². The maximum absolute atomic E-state index is 8.76. The molecule has 5 nitrogen and oxygen atoms in total. The molecule has 0 amide bonds. The van der Waals surface area contributed by atoms with Crippen molar-refractivity contribution in [3.63, 3.8) is 0 Å². The number of amidine groups is 1. The summed E-state index contributed by atoms with van der Waals surface area (Å²) in [6.07, 6.45) is 4.88. The molecule has 1 aromatic carbocycles. The van der Waals surface area contributed by atoms with E-state index in [0.29, 0.717) is 5.56 Å². The van der Waals surface area contributed by atoms with Gasteiger partial charge in [0.25, 0.3) is 0 Å². The summed E-state index contributed by atoms with van der Waals surface area (Å²) in [6.45, 7) is 0. The first-order chi connectivity index (χ1) is 8.70. The van der Waals surface area contributed by atoms with Crippen molar-refractivity contribution in [2.24, 2.45) is 10.9 Å². The molecule has 0 spiro atoms. The van der Waals surface area contributed by atoms with E-state index < -0.39 is 0 Å². The highest BCUT2D eigenvalue weighted by atomic mass is 79.9. The highest BCUT2D eigenvalue weighted by Gasteiger charge is 2.10. The van der Waals surface area contributed by atoms with E-state index in [1.165, 1.54) is 11.8 Å². The van der Waals surface area contributed by atoms with E-state index in [4.69, 9.17) is 10.9 Å². The average molecular weight is 325 g/mol. The second kappa shape index (κ2) is 5.83. The molecule has 0 atom stereocenters. The highest BCUT2D eigenvalue weighted by molar-refractivity contribution is 9.10. The molecule has 7 heteroatoms. The van der Waals surface area contributed by atoms with Crippen LogP contribution in [0.2, 0.25) is 0 Å². The Kier molecular flexibility index (Phi) is 4.16. The van der Waals surface area contributed by atoms with Crippen molar-refractivity contribution < 1.29 is 5.21 Å². The molecule has 3 N–H and O–H groups in total. The largest absolute Gasteiger partial charge is 0.409 e. The van der Waals surface area contributed by atoms with Crippen molar-refractivity contribution in [2.45, 2.75) is 9.92 Å². The van der Waals surface area contributed by atoms with Gasteiger partial charge in [0, 0.05) is 27.3 Å². The van der Waals surface area contributed by atoms with Crippen LogP contribution in [-0.4, -0.2) is 21.0 Å². The molecule has 2 rings (SSSR count). The second-order valence-electron chi connectivity index (χ2n) is 3.27. The minimum atomic E-state index is 0.0638. The van der Waals surface area contributed by atoms with Crippen molar-refractivity contribution >= 4 is 33.5 Å². The van der Waals surface area contributed by atoms with Gasteiger partial charge >= 0.3 is 0 Å². The Morgan fingerprint density at radius 3 is 2.89 bits per heavy atom. The molecule has 0 aliphatic heterocycles. The molecule has 0 aliphatic rings. The zero-order valence-corrected chi connectivity index (χ0v) is 11.5. The topological polar surface area (TPSA) is 84.4 Å². The summed E-state index contributed by atoms with van der Waals surface area (Å²) in [5, 5.41) is 12.5. The maximum atomic E-state index is 8.76. The molecular formula is C11H9BrN4OS. The number of rotatable bonds is 3. The van der Waals surface area contributed by atoms with Crippen LogP contribution in [0, 0.1) is 0 Å². The Balaban J connectivity index is 2.40. The molecule has 0 fully saturated rings. The lowest BCUT2D eigenvalue weighted by molar-refractivity contribution is 0.318. The summed E-state index contributed by atoms with van der Waals surface area (Å²) in [5.41, 5.74) is 6.28. The van der Waals surface area contributed by atoms with E-state index in [1.54, 1.807) is 24.7 Å². The third kappa shape index (κ3) is 2.99. The van der Waals surface area contributed by atoms with E-state index in [0.717, 1.165) is 14.4 Å². The predicted octanol–water partition coefficient (Wildman–Crippen LogP) is 2.48. The third-order valence-electron chi connectivity index (χ3n) is 2.08. The van der Waals surface area contributed by atoms with Crippen LogP contribution in [-0.2, 0) is 0 Å². The first-order valence-corrected chi connectivity index (χ1v) is 6.53. The number of halogens is 1. The van der Waals surface area contributed by atoms with Crippen LogP contribution < -0.4 is 5.73 Å². The minimum Gasteiger partial charge on any atom is -0.409 e. The van der Waals surface area contributed by atoms with Crippen LogP contribution in [0.5, 0.6) is 0 Å². The van der Waals surface area contributed by atoms with E-state index in [1.807, 2.05) is 12.1 Å². The van der Waals surface area contributed by atoms with Gasteiger partial charge in [0.05, 0.1) is 6.20 Å². The van der Waals surface area contributed by atoms with Gasteiger partial charge in [-0.2, -0.15) is 0 Å². The number of nitrogens with zero attached hydrogens (tertiary/aromatic N) is 3. The summed E-state index contributed by atoms with van der Waals surface area (Å²) in [5.74, 6) is 0.0638. The van der Waals surface area contributed by atoms with Crippen LogP contribution >= 0.6 is 27.7 Å². The van der Waals surface area contributed by atoms with Gasteiger partial charge in [-0.15, -0.1) is 0 Å². The maximum Gasteiger partial charge on any atom is 0.171 e. The molecule has 92 valence electrons. The molecule has 0 saturated heterocycles. The molecule has 2 aromatic rings. The first-order valence-electron chi connectivity index (χ1n) is 4.92. The first kappa shape index (κ1) is 12.8. The molecule has 0 unspecified atom stereocenters. The third-order valence-corrected chi connectivity index (χ3v) is 3.55. The summed E-state index contributed by atoms with van der Waals surface area (Å²) in [6, 6.07) is 5.48. The van der Waals surface area contributed by atoms with E-state index in [2.05, 4.69) is 31.1 Å². The van der Waals surface area contributed by atoms with Crippen LogP contribution in [0.3, 0.4) is 0 Å². The van der Waals surface area contributed by atoms with Crippen molar-refractivity contribution in [3.8, 4) is 0 Å². The van der Waals surface area contributed by atoms with Crippen molar-refractivity contribution in [1.82, 2.24) is 9.97 Å². The van der Waals surface area contributed by atoms with E-state index in [9.17, 15) is 0 Å². The Morgan fingerprint density at radius 1 is 1.39 bits per heavy atom. The monoisotopic (exact) mass is 324 g/mol. The van der Waals surface area contributed by atoms with E-state index in [-0.39, 0.29) is 5.84 Å². The molecular weight excluding hydrogens is 316 g/mol. The quantitative estimate of drug-likeness (QED) is 0.392. The number of hydrogen-bond acceptors (Lipinski definition) is 5. The molecule has 1 heterocycles. The summed E-state index contributed by atoms with van der Waals surface area (Å²) in [7, 11) is 0. The van der Waals surface area contributed by atoms with Gasteiger partial charge in [-0.1, -0.05) is 32.8 Å². The van der Waals surface area contributed by atoms with Crippen LogP contribution in [0.25, 0.3) is 0 Å². The van der Waals surface area contributed by atoms with Gasteiger partial charge in [0.15, 0.2) is 5.84 Å². The lowest BCUT2D eigenvalue weighted by Gasteiger charge is -2.07. The van der Waals surface area contributed by atoms with Crippen LogP contribution in [0.1, 0.15) is 5.56 Å². The number of hydrogen-bond donors (Lipinski definition) is 2. The van der Waals surface area contributed by atoms with Gasteiger partial charge in [-0.3, -0.25) is 4.98 Å². The molecule has 18 heavy (non-hydrogen) atoms. The standard InChI is InChI=1S/C11H9BrN4OS/c12-7-1-2-8(11(13)16-17)9(5-7)18-10-6-14-3-4-15-10/h1-6,17H,(H2,13,16). The van der Waals surface area contributed by atoms with Gasteiger partial charge in [-0.25, -0.2) is 4.98 Å². The van der Waals surface area contributed by atoms with Gasteiger partial charge < -0.3 is 10.9 Å². The highest BCUT2D eigenvalue weighted by Crippen LogP contribution is 2.30. The Morgan fingerprint density at radius 2 is 2.22 bits per heavy atom. The van der Waals surface area contributed by atoms with E-state index >= 15 is 0 Å². The summed E-state index contributed by atoms with van der Waals surface area (Å²) < 4.78 is 0.906. The molecule has 0 bridgehead atoms. The number of aromatic nitrogens is 2. The summed E-state index contributed by atoms with van der Waals surface area (Å²) >= 11 is 4.78. The fourth-order valence-corrected chi connectivity index (χ4v) is 2.73. The Bertz CT molecular complexity index is 577. The number of oxime groups is 1. The normalized spacial score (nSPS) is 11.5. The van der Waals surface area contributed by atoms with Crippen molar-refractivity contribution in [2.75, 3.05) is 0 Å². The molecule has 0 aliphatic carbocycles. The molecule has 0 saturated carbocycles. The van der Waals surface area contributed by atoms with Crippen LogP contribution in [0.15, 0.2) is 56.3 Å². The number of benzene rings is 1.